The van der Waals surface area contributed by atoms with Gasteiger partial charge in [-0.1, -0.05) is 0 Å². The van der Waals surface area contributed by atoms with Crippen LogP contribution in [0.15, 0.2) is 30.0 Å². The number of aromatic nitrogens is 1. The van der Waals surface area contributed by atoms with Gasteiger partial charge in [-0.25, -0.2) is 0 Å². The highest BCUT2D eigenvalue weighted by atomic mass is 32.1. The average Bonchev–Trinajstić information content (AvgIpc) is 3.05. The summed E-state index contributed by atoms with van der Waals surface area (Å²) in [5.74, 6) is -1.99. The summed E-state index contributed by atoms with van der Waals surface area (Å²) in [6.07, 6.45) is -7.82. The maximum absolute atomic E-state index is 13.1. The number of alkyl halides is 3. The van der Waals surface area contributed by atoms with Crippen molar-refractivity contribution in [1.29, 1.82) is 0 Å². The molecule has 29 heavy (non-hydrogen) atoms. The number of aliphatic hydroxyl groups is 2. The third kappa shape index (κ3) is 3.97. The number of hydrogen-bond donors (Lipinski definition) is 4. The average molecular weight is 432 g/mol. The van der Waals surface area contributed by atoms with Crippen LogP contribution in [-0.2, 0) is 4.79 Å². The zero-order chi connectivity index (χ0) is 21.5. The summed E-state index contributed by atoms with van der Waals surface area (Å²) in [6.45, 7) is -0.614. The molecule has 2 heterocycles. The van der Waals surface area contributed by atoms with Crippen molar-refractivity contribution in [3.63, 3.8) is 0 Å². The van der Waals surface area contributed by atoms with E-state index >= 15 is 0 Å². The quantitative estimate of drug-likeness (QED) is 0.562. The van der Waals surface area contributed by atoms with Gasteiger partial charge >= 0.3 is 12.1 Å². The number of benzene rings is 1. The van der Waals surface area contributed by atoms with E-state index in [-0.39, 0.29) is 11.4 Å². The van der Waals surface area contributed by atoms with Crippen LogP contribution < -0.4 is 10.2 Å². The number of carboxylic acid groups (broad SMARTS) is 1. The van der Waals surface area contributed by atoms with Gasteiger partial charge in [0, 0.05) is 18.1 Å². The predicted molar refractivity (Wildman–Crippen MR) is 96.0 cm³/mol. The molecule has 1 aliphatic heterocycles. The number of carbonyl (C=O) groups is 2. The number of nitrogens with zero attached hydrogens (tertiary/aromatic N) is 3. The Morgan fingerprint density at radius 2 is 2.00 bits per heavy atom. The number of anilines is 1. The van der Waals surface area contributed by atoms with Crippen molar-refractivity contribution in [2.45, 2.75) is 18.8 Å². The molecule has 3 rings (SSSR count). The standard InChI is InChI=1S/C16H15F3N4O5S/c1-22-10(16(17,18)19)5-11(24)23(15(22)28)7-2-3-9-8(4-7)13(21-29-9)14(27)20-6-12(25)26/h2-5,11,15,24,28H,6H2,1H3,(H,20,27)(H,25,26). The van der Waals surface area contributed by atoms with Gasteiger partial charge in [0.15, 0.2) is 6.23 Å². The van der Waals surface area contributed by atoms with Crippen LogP contribution in [0.1, 0.15) is 10.5 Å². The molecule has 0 bridgehead atoms. The first kappa shape index (κ1) is 20.8. The van der Waals surface area contributed by atoms with Gasteiger partial charge in [-0.3, -0.25) is 14.5 Å². The number of aliphatic hydroxyl groups excluding tert-OH is 2. The summed E-state index contributed by atoms with van der Waals surface area (Å²) in [5.41, 5.74) is -1.14. The van der Waals surface area contributed by atoms with E-state index in [2.05, 4.69) is 9.69 Å². The van der Waals surface area contributed by atoms with Crippen molar-refractivity contribution in [2.75, 3.05) is 18.5 Å². The highest BCUT2D eigenvalue weighted by Gasteiger charge is 2.44. The van der Waals surface area contributed by atoms with E-state index in [0.717, 1.165) is 23.5 Å². The summed E-state index contributed by atoms with van der Waals surface area (Å²) in [7, 11) is 1.03. The Kier molecular flexibility index (Phi) is 5.38. The monoisotopic (exact) mass is 432 g/mol. The van der Waals surface area contributed by atoms with Gasteiger partial charge < -0.3 is 25.5 Å². The van der Waals surface area contributed by atoms with Crippen molar-refractivity contribution in [2.24, 2.45) is 0 Å². The van der Waals surface area contributed by atoms with Crippen LogP contribution in [0.5, 0.6) is 0 Å². The molecule has 2 aromatic rings. The predicted octanol–water partition coefficient (Wildman–Crippen LogP) is 0.903. The molecule has 0 saturated heterocycles. The number of fused-ring (bicyclic) bond motifs is 1. The van der Waals surface area contributed by atoms with Gasteiger partial charge in [0.1, 0.15) is 17.9 Å². The number of nitrogens with one attached hydrogen (secondary N) is 1. The smallest absolute Gasteiger partial charge is 0.431 e. The number of amides is 1. The first-order valence-electron chi connectivity index (χ1n) is 8.06. The molecule has 1 aromatic carbocycles. The van der Waals surface area contributed by atoms with Gasteiger partial charge in [-0.05, 0) is 35.8 Å². The van der Waals surface area contributed by atoms with Crippen molar-refractivity contribution in [1.82, 2.24) is 14.6 Å². The van der Waals surface area contributed by atoms with Crippen molar-refractivity contribution >= 4 is 39.2 Å². The van der Waals surface area contributed by atoms with Crippen LogP contribution in [0.4, 0.5) is 18.9 Å². The fourth-order valence-corrected chi connectivity index (χ4v) is 3.61. The Labute approximate surface area is 165 Å². The molecule has 1 amide bonds. The topological polar surface area (TPSA) is 126 Å². The highest BCUT2D eigenvalue weighted by Crippen LogP contribution is 2.36. The Hall–Kier alpha value is -2.90. The summed E-state index contributed by atoms with van der Waals surface area (Å²) >= 11 is 0.965. The zero-order valence-electron chi connectivity index (χ0n) is 14.7. The van der Waals surface area contributed by atoms with E-state index in [0.29, 0.717) is 21.1 Å². The van der Waals surface area contributed by atoms with Crippen LogP contribution in [0.3, 0.4) is 0 Å². The number of carboxylic acids is 1. The maximum Gasteiger partial charge on any atom is 0.431 e. The normalized spacial score (nSPS) is 20.0. The molecule has 1 aliphatic rings. The van der Waals surface area contributed by atoms with E-state index in [1.807, 2.05) is 0 Å². The maximum atomic E-state index is 13.1. The minimum Gasteiger partial charge on any atom is -0.480 e. The Morgan fingerprint density at radius 3 is 2.62 bits per heavy atom. The first-order chi connectivity index (χ1) is 13.5. The van der Waals surface area contributed by atoms with E-state index in [9.17, 15) is 33.0 Å². The lowest BCUT2D eigenvalue weighted by Gasteiger charge is -2.43. The second-order valence-electron chi connectivity index (χ2n) is 6.12. The molecule has 2 atom stereocenters. The first-order valence-corrected chi connectivity index (χ1v) is 8.84. The SMILES string of the molecule is CN1C(C(F)(F)F)=CC(O)N(c2ccc3snc(C(=O)NCC(=O)O)c3c2)C1O. The third-order valence-corrected chi connectivity index (χ3v) is 5.05. The lowest BCUT2D eigenvalue weighted by molar-refractivity contribution is -0.135. The molecular weight excluding hydrogens is 417 g/mol. The van der Waals surface area contributed by atoms with Gasteiger partial charge in [0.05, 0.1) is 4.70 Å². The third-order valence-electron chi connectivity index (χ3n) is 4.22. The summed E-state index contributed by atoms with van der Waals surface area (Å²) in [6, 6.07) is 4.35. The Morgan fingerprint density at radius 1 is 1.31 bits per heavy atom. The second kappa shape index (κ2) is 7.50. The van der Waals surface area contributed by atoms with Gasteiger partial charge in [-0.15, -0.1) is 0 Å². The Bertz CT molecular complexity index is 993. The van der Waals surface area contributed by atoms with E-state index in [1.165, 1.54) is 18.2 Å². The fourth-order valence-electron chi connectivity index (χ4n) is 2.86. The second-order valence-corrected chi connectivity index (χ2v) is 6.92. The molecule has 0 radical (unpaired) electrons. The molecule has 156 valence electrons. The summed E-state index contributed by atoms with van der Waals surface area (Å²) < 4.78 is 43.7. The van der Waals surface area contributed by atoms with Crippen LogP contribution in [0.2, 0.25) is 0 Å². The van der Waals surface area contributed by atoms with Crippen LogP contribution in [0.25, 0.3) is 10.1 Å². The molecule has 1 aromatic heterocycles. The lowest BCUT2D eigenvalue weighted by Crippen LogP contribution is -2.56. The molecule has 0 aliphatic carbocycles. The molecule has 4 N–H and O–H groups in total. The molecule has 13 heteroatoms. The van der Waals surface area contributed by atoms with Crippen LogP contribution >= 0.6 is 11.5 Å². The van der Waals surface area contributed by atoms with Gasteiger partial charge in [-0.2, -0.15) is 17.5 Å². The highest BCUT2D eigenvalue weighted by molar-refractivity contribution is 7.13. The summed E-state index contributed by atoms with van der Waals surface area (Å²) in [4.78, 5) is 24.3. The van der Waals surface area contributed by atoms with E-state index in [4.69, 9.17) is 5.11 Å². The largest absolute Gasteiger partial charge is 0.480 e. The minimum atomic E-state index is -4.76. The number of rotatable bonds is 4. The molecular formula is C16H15F3N4O5S. The Balaban J connectivity index is 1.98. The molecule has 0 saturated carbocycles. The number of allylic oxidation sites excluding steroid dienone is 1. The van der Waals surface area contributed by atoms with Crippen molar-refractivity contribution in [3.8, 4) is 0 Å². The fraction of sp³-hybridized carbons (Fsp3) is 0.312. The molecule has 2 unspecified atom stereocenters. The molecule has 9 nitrogen and oxygen atoms in total. The van der Waals surface area contributed by atoms with Crippen molar-refractivity contribution < 1.29 is 38.1 Å². The van der Waals surface area contributed by atoms with E-state index in [1.54, 1.807) is 0 Å². The summed E-state index contributed by atoms with van der Waals surface area (Å²) in [5, 5.41) is 31.7. The van der Waals surface area contributed by atoms with Crippen LogP contribution in [-0.4, -0.2) is 68.8 Å². The van der Waals surface area contributed by atoms with E-state index < -0.39 is 42.9 Å². The van der Waals surface area contributed by atoms with Gasteiger partial charge in [0.25, 0.3) is 5.91 Å². The number of carbonyl (C=O) groups excluding carboxylic acids is 1. The zero-order valence-corrected chi connectivity index (χ0v) is 15.5. The molecule has 0 spiro atoms. The number of aliphatic carboxylic acids is 1. The van der Waals surface area contributed by atoms with Crippen LogP contribution in [0, 0.1) is 0 Å². The molecule has 0 fully saturated rings. The van der Waals surface area contributed by atoms with Gasteiger partial charge in [0.2, 0.25) is 6.35 Å². The lowest BCUT2D eigenvalue weighted by atomic mass is 10.1. The van der Waals surface area contributed by atoms with Crippen molar-refractivity contribution in [3.05, 3.63) is 35.7 Å². The number of halogens is 3. The number of hydrogen-bond acceptors (Lipinski definition) is 8. The minimum absolute atomic E-state index is 0.0750.